The smallest absolute Gasteiger partial charge is 0.306 e. The molecule has 1 aromatic heterocycles. The number of urea groups is 1. The van der Waals surface area contributed by atoms with Gasteiger partial charge in [-0.15, -0.1) is 0 Å². The number of benzene rings is 1. The van der Waals surface area contributed by atoms with Gasteiger partial charge in [-0.1, -0.05) is 6.07 Å². The van der Waals surface area contributed by atoms with Crippen LogP contribution in [0.2, 0.25) is 0 Å². The number of aromatic nitrogens is 1. The van der Waals surface area contributed by atoms with E-state index >= 15 is 0 Å². The number of hydrogen-bond donors (Lipinski definition) is 2. The van der Waals surface area contributed by atoms with Gasteiger partial charge in [0.1, 0.15) is 0 Å². The molecular formula is C13H10N4O3S. The molecule has 0 unspecified atom stereocenters. The maximum atomic E-state index is 12.0. The number of hydrogen-bond acceptors (Lipinski definition) is 5. The molecule has 0 aliphatic rings. The summed E-state index contributed by atoms with van der Waals surface area (Å²) in [5.74, 6) is 0. The largest absolute Gasteiger partial charge is 0.333 e. The first-order chi connectivity index (χ1) is 10.0. The van der Waals surface area contributed by atoms with Gasteiger partial charge < -0.3 is 5.32 Å². The van der Waals surface area contributed by atoms with Gasteiger partial charge in [-0.05, 0) is 30.3 Å². The summed E-state index contributed by atoms with van der Waals surface area (Å²) < 4.78 is 25.9. The van der Waals surface area contributed by atoms with Crippen molar-refractivity contribution in [2.24, 2.45) is 0 Å². The normalized spacial score (nSPS) is 10.4. The molecule has 0 fully saturated rings. The molecule has 0 saturated carbocycles. The highest BCUT2D eigenvalue weighted by Crippen LogP contribution is 2.11. The number of rotatable bonds is 3. The molecule has 0 bridgehead atoms. The maximum absolute atomic E-state index is 12.0. The molecule has 0 saturated heterocycles. The van der Waals surface area contributed by atoms with E-state index in [9.17, 15) is 13.2 Å². The van der Waals surface area contributed by atoms with Crippen LogP contribution in [0.5, 0.6) is 0 Å². The van der Waals surface area contributed by atoms with Crippen molar-refractivity contribution in [3.63, 3.8) is 0 Å². The second kappa shape index (κ2) is 6.02. The molecule has 21 heavy (non-hydrogen) atoms. The third kappa shape index (κ3) is 3.77. The monoisotopic (exact) mass is 302 g/mol. The third-order valence-corrected chi connectivity index (χ3v) is 3.75. The van der Waals surface area contributed by atoms with Crippen LogP contribution < -0.4 is 10.0 Å². The van der Waals surface area contributed by atoms with Crippen LogP contribution in [0.4, 0.5) is 10.5 Å². The molecule has 2 amide bonds. The average Bonchev–Trinajstić information content (AvgIpc) is 2.47. The van der Waals surface area contributed by atoms with E-state index < -0.39 is 16.1 Å². The van der Waals surface area contributed by atoms with E-state index in [1.54, 1.807) is 12.1 Å². The van der Waals surface area contributed by atoms with Gasteiger partial charge in [0.05, 0.1) is 28.4 Å². The Morgan fingerprint density at radius 3 is 2.71 bits per heavy atom. The molecule has 0 aliphatic carbocycles. The summed E-state index contributed by atoms with van der Waals surface area (Å²) in [6.07, 6.45) is 2.90. The number of nitrogens with zero attached hydrogens (tertiary/aromatic N) is 2. The van der Waals surface area contributed by atoms with Crippen molar-refractivity contribution in [3.8, 4) is 6.07 Å². The van der Waals surface area contributed by atoms with Crippen LogP contribution in [0.3, 0.4) is 0 Å². The molecule has 0 spiro atoms. The highest BCUT2D eigenvalue weighted by Gasteiger charge is 2.18. The Balaban J connectivity index is 2.14. The van der Waals surface area contributed by atoms with E-state index in [2.05, 4.69) is 10.3 Å². The maximum Gasteiger partial charge on any atom is 0.333 e. The SMILES string of the molecule is N#Cc1cccc(S(=O)(=O)NC(=O)Nc2cccnc2)c1. The van der Waals surface area contributed by atoms with Crippen LogP contribution in [0.15, 0.2) is 53.7 Å². The summed E-state index contributed by atoms with van der Waals surface area (Å²) in [7, 11) is -4.05. The molecule has 1 heterocycles. The zero-order valence-corrected chi connectivity index (χ0v) is 11.5. The number of anilines is 1. The lowest BCUT2D eigenvalue weighted by molar-refractivity contribution is 0.256. The zero-order chi connectivity index (χ0) is 15.3. The van der Waals surface area contributed by atoms with Gasteiger partial charge in [0, 0.05) is 6.20 Å². The number of sulfonamides is 1. The van der Waals surface area contributed by atoms with Crippen LogP contribution in [0, 0.1) is 11.3 Å². The molecule has 0 aliphatic heterocycles. The molecule has 106 valence electrons. The first-order valence-corrected chi connectivity index (χ1v) is 7.23. The van der Waals surface area contributed by atoms with Crippen molar-refractivity contribution in [2.45, 2.75) is 4.90 Å². The fraction of sp³-hybridized carbons (Fsp3) is 0. The van der Waals surface area contributed by atoms with Crippen LogP contribution in [0.25, 0.3) is 0 Å². The Bertz CT molecular complexity index is 798. The molecule has 7 nitrogen and oxygen atoms in total. The van der Waals surface area contributed by atoms with Crippen molar-refractivity contribution >= 4 is 21.7 Å². The fourth-order valence-corrected chi connectivity index (χ4v) is 2.46. The Morgan fingerprint density at radius 1 is 1.24 bits per heavy atom. The van der Waals surface area contributed by atoms with E-state index in [1.807, 2.05) is 10.8 Å². The number of carbonyl (C=O) groups excluding carboxylic acids is 1. The molecule has 2 N–H and O–H groups in total. The van der Waals surface area contributed by atoms with Crippen LogP contribution >= 0.6 is 0 Å². The highest BCUT2D eigenvalue weighted by molar-refractivity contribution is 7.90. The summed E-state index contributed by atoms with van der Waals surface area (Å²) in [4.78, 5) is 15.3. The second-order valence-electron chi connectivity index (χ2n) is 3.94. The van der Waals surface area contributed by atoms with Crippen LogP contribution in [-0.4, -0.2) is 19.4 Å². The average molecular weight is 302 g/mol. The van der Waals surface area contributed by atoms with E-state index in [4.69, 9.17) is 5.26 Å². The van der Waals surface area contributed by atoms with Crippen molar-refractivity contribution < 1.29 is 13.2 Å². The van der Waals surface area contributed by atoms with Gasteiger partial charge >= 0.3 is 6.03 Å². The van der Waals surface area contributed by atoms with Gasteiger partial charge in [0.25, 0.3) is 10.0 Å². The number of carbonyl (C=O) groups is 1. The Morgan fingerprint density at radius 2 is 2.05 bits per heavy atom. The summed E-state index contributed by atoms with van der Waals surface area (Å²) in [6, 6.07) is 9.44. The number of nitriles is 1. The second-order valence-corrected chi connectivity index (χ2v) is 5.62. The van der Waals surface area contributed by atoms with Crippen molar-refractivity contribution in [1.29, 1.82) is 5.26 Å². The van der Waals surface area contributed by atoms with Crippen LogP contribution in [-0.2, 0) is 10.0 Å². The molecule has 8 heteroatoms. The summed E-state index contributed by atoms with van der Waals surface area (Å²) in [5, 5.41) is 11.1. The molecular weight excluding hydrogens is 292 g/mol. The van der Waals surface area contributed by atoms with Crippen molar-refractivity contribution in [2.75, 3.05) is 5.32 Å². The minimum Gasteiger partial charge on any atom is -0.306 e. The van der Waals surface area contributed by atoms with Crippen LogP contribution in [0.1, 0.15) is 5.56 Å². The van der Waals surface area contributed by atoms with E-state index in [-0.39, 0.29) is 10.5 Å². The van der Waals surface area contributed by atoms with Gasteiger partial charge in [0.15, 0.2) is 0 Å². The first kappa shape index (κ1) is 14.5. The molecule has 0 radical (unpaired) electrons. The Hall–Kier alpha value is -2.92. The van der Waals surface area contributed by atoms with E-state index in [0.29, 0.717) is 5.69 Å². The van der Waals surface area contributed by atoms with Gasteiger partial charge in [-0.3, -0.25) is 4.98 Å². The summed E-state index contributed by atoms with van der Waals surface area (Å²) in [5.41, 5.74) is 0.543. The topological polar surface area (TPSA) is 112 Å². The van der Waals surface area contributed by atoms with Crippen molar-refractivity contribution in [1.82, 2.24) is 9.71 Å². The molecule has 2 aromatic rings. The molecule has 0 atom stereocenters. The van der Waals surface area contributed by atoms with E-state index in [0.717, 1.165) is 0 Å². The number of pyridine rings is 1. The lowest BCUT2D eigenvalue weighted by Gasteiger charge is -2.08. The van der Waals surface area contributed by atoms with E-state index in [1.165, 1.54) is 36.7 Å². The van der Waals surface area contributed by atoms with Gasteiger partial charge in [0.2, 0.25) is 0 Å². The Kier molecular flexibility index (Phi) is 4.15. The molecule has 1 aromatic carbocycles. The number of amides is 2. The number of nitrogens with one attached hydrogen (secondary N) is 2. The Labute approximate surface area is 121 Å². The lowest BCUT2D eigenvalue weighted by atomic mass is 10.2. The predicted octanol–water partition coefficient (Wildman–Crippen LogP) is 1.46. The lowest BCUT2D eigenvalue weighted by Crippen LogP contribution is -2.34. The molecule has 2 rings (SSSR count). The van der Waals surface area contributed by atoms with Gasteiger partial charge in [-0.2, -0.15) is 5.26 Å². The standard InChI is InChI=1S/C13H10N4O3S/c14-8-10-3-1-5-12(7-10)21(19,20)17-13(18)16-11-4-2-6-15-9-11/h1-7,9H,(H2,16,17,18). The van der Waals surface area contributed by atoms with Gasteiger partial charge in [-0.25, -0.2) is 17.9 Å². The summed E-state index contributed by atoms with van der Waals surface area (Å²) in [6.45, 7) is 0. The van der Waals surface area contributed by atoms with Crippen molar-refractivity contribution in [3.05, 3.63) is 54.4 Å². The third-order valence-electron chi connectivity index (χ3n) is 2.42. The minimum absolute atomic E-state index is 0.164. The summed E-state index contributed by atoms with van der Waals surface area (Å²) >= 11 is 0. The first-order valence-electron chi connectivity index (χ1n) is 5.75. The fourth-order valence-electron chi connectivity index (χ4n) is 1.51. The minimum atomic E-state index is -4.05. The quantitative estimate of drug-likeness (QED) is 0.891. The zero-order valence-electron chi connectivity index (χ0n) is 10.6. The highest BCUT2D eigenvalue weighted by atomic mass is 32.2. The predicted molar refractivity (Wildman–Crippen MR) is 74.7 cm³/mol.